The molecular weight excluding hydrogens is 320 g/mol. The van der Waals surface area contributed by atoms with Gasteiger partial charge >= 0.3 is 0 Å². The fourth-order valence-electron chi connectivity index (χ4n) is 3.36. The largest absolute Gasteiger partial charge is 0.301 e. The van der Waals surface area contributed by atoms with Crippen LogP contribution in [-0.2, 0) is 13.1 Å². The Bertz CT molecular complexity index is 925. The van der Waals surface area contributed by atoms with Crippen LogP contribution in [0.1, 0.15) is 45.3 Å². The van der Waals surface area contributed by atoms with E-state index >= 15 is 0 Å². The first-order valence-electron chi connectivity index (χ1n) is 8.16. The minimum absolute atomic E-state index is 0.0917. The second-order valence-electron chi connectivity index (χ2n) is 6.38. The van der Waals surface area contributed by atoms with Crippen LogP contribution in [0.3, 0.4) is 0 Å². The Morgan fingerprint density at radius 3 is 2.92 bits per heavy atom. The van der Waals surface area contributed by atoms with Gasteiger partial charge < -0.3 is 4.90 Å². The van der Waals surface area contributed by atoms with Crippen molar-refractivity contribution < 1.29 is 4.79 Å². The molecule has 1 fully saturated rings. The van der Waals surface area contributed by atoms with Gasteiger partial charge in [0.2, 0.25) is 0 Å². The maximum absolute atomic E-state index is 13.3. The van der Waals surface area contributed by atoms with E-state index in [2.05, 4.69) is 22.4 Å². The molecule has 0 N–H and O–H groups in total. The van der Waals surface area contributed by atoms with Crippen molar-refractivity contribution in [2.24, 2.45) is 0 Å². The molecule has 2 aromatic heterocycles. The summed E-state index contributed by atoms with van der Waals surface area (Å²) in [6, 6.07) is 10.2. The summed E-state index contributed by atoms with van der Waals surface area (Å²) in [7, 11) is 0. The van der Waals surface area contributed by atoms with Crippen molar-refractivity contribution in [1.29, 1.82) is 0 Å². The molecule has 5 nitrogen and oxygen atoms in total. The van der Waals surface area contributed by atoms with Crippen LogP contribution in [0.4, 0.5) is 5.69 Å². The molecule has 1 saturated carbocycles. The normalized spacial score (nSPS) is 16.4. The number of amides is 1. The first kappa shape index (κ1) is 13.9. The summed E-state index contributed by atoms with van der Waals surface area (Å²) in [5.74, 6) is 0.665. The Morgan fingerprint density at radius 2 is 2.04 bits per heavy atom. The number of anilines is 1. The van der Waals surface area contributed by atoms with Gasteiger partial charge in [-0.1, -0.05) is 23.4 Å². The third kappa shape index (κ3) is 2.17. The minimum atomic E-state index is 0.0917. The molecule has 3 aromatic rings. The van der Waals surface area contributed by atoms with Crippen molar-refractivity contribution in [2.75, 3.05) is 4.90 Å². The van der Waals surface area contributed by atoms with Crippen LogP contribution >= 0.6 is 11.3 Å². The number of carbonyl (C=O) groups is 1. The summed E-state index contributed by atoms with van der Waals surface area (Å²) in [6.45, 7) is 1.15. The molecule has 0 spiro atoms. The zero-order chi connectivity index (χ0) is 16.1. The monoisotopic (exact) mass is 336 g/mol. The number of benzene rings is 1. The van der Waals surface area contributed by atoms with Gasteiger partial charge in [-0.15, -0.1) is 16.4 Å². The van der Waals surface area contributed by atoms with Crippen LogP contribution in [0.25, 0.3) is 0 Å². The molecule has 0 atom stereocenters. The average Bonchev–Trinajstić information content (AvgIpc) is 3.21. The molecule has 0 unspecified atom stereocenters. The molecule has 0 saturated heterocycles. The molecular formula is C18H16N4OS. The Morgan fingerprint density at radius 1 is 1.17 bits per heavy atom. The van der Waals surface area contributed by atoms with Crippen LogP contribution in [0.15, 0.2) is 41.9 Å². The van der Waals surface area contributed by atoms with Gasteiger partial charge in [0, 0.05) is 5.69 Å². The number of para-hydroxylation sites is 1. The van der Waals surface area contributed by atoms with E-state index in [1.807, 2.05) is 33.2 Å². The molecule has 0 bridgehead atoms. The quantitative estimate of drug-likeness (QED) is 0.720. The summed E-state index contributed by atoms with van der Waals surface area (Å²) in [6.07, 6.45) is 4.15. The fourth-order valence-corrected chi connectivity index (χ4v) is 4.30. The van der Waals surface area contributed by atoms with Crippen LogP contribution in [0.2, 0.25) is 0 Å². The summed E-state index contributed by atoms with van der Waals surface area (Å²) in [4.78, 5) is 16.1. The molecule has 1 aromatic carbocycles. The van der Waals surface area contributed by atoms with Crippen LogP contribution in [-0.4, -0.2) is 20.9 Å². The maximum atomic E-state index is 13.3. The first-order valence-corrected chi connectivity index (χ1v) is 9.04. The van der Waals surface area contributed by atoms with E-state index < -0.39 is 0 Å². The van der Waals surface area contributed by atoms with Gasteiger partial charge in [0.15, 0.2) is 0 Å². The zero-order valence-corrected chi connectivity index (χ0v) is 13.9. The highest BCUT2D eigenvalue weighted by Crippen LogP contribution is 2.44. The van der Waals surface area contributed by atoms with E-state index in [4.69, 9.17) is 0 Å². The van der Waals surface area contributed by atoms with Crippen molar-refractivity contribution in [3.63, 3.8) is 0 Å². The molecule has 3 heterocycles. The Labute approximate surface area is 143 Å². The van der Waals surface area contributed by atoms with Crippen LogP contribution in [0, 0.1) is 0 Å². The van der Waals surface area contributed by atoms with Crippen molar-refractivity contribution in [1.82, 2.24) is 15.0 Å². The molecule has 120 valence electrons. The maximum Gasteiger partial charge on any atom is 0.269 e. The van der Waals surface area contributed by atoms with E-state index in [0.717, 1.165) is 21.8 Å². The van der Waals surface area contributed by atoms with Crippen LogP contribution < -0.4 is 4.90 Å². The average molecular weight is 336 g/mol. The lowest BCUT2D eigenvalue weighted by Crippen LogP contribution is -2.30. The number of thiophene rings is 1. The fraction of sp³-hybridized carbons (Fsp3) is 0.278. The zero-order valence-electron chi connectivity index (χ0n) is 13.1. The number of aromatic nitrogens is 3. The molecule has 6 heteroatoms. The van der Waals surface area contributed by atoms with E-state index in [9.17, 15) is 4.79 Å². The Kier molecular flexibility index (Phi) is 3.06. The molecule has 1 aliphatic carbocycles. The SMILES string of the molecule is O=C(c1sccc1C1CC1)N1Cc2cnnn2Cc2ccccc21. The first-order chi connectivity index (χ1) is 11.8. The summed E-state index contributed by atoms with van der Waals surface area (Å²) < 4.78 is 1.88. The number of rotatable bonds is 2. The van der Waals surface area contributed by atoms with Crippen molar-refractivity contribution >= 4 is 22.9 Å². The number of nitrogens with zero attached hydrogens (tertiary/aromatic N) is 4. The van der Waals surface area contributed by atoms with E-state index in [-0.39, 0.29) is 5.91 Å². The summed E-state index contributed by atoms with van der Waals surface area (Å²) in [5.41, 5.74) is 4.25. The highest BCUT2D eigenvalue weighted by Gasteiger charge is 2.32. The minimum Gasteiger partial charge on any atom is -0.301 e. The second-order valence-corrected chi connectivity index (χ2v) is 7.30. The second kappa shape index (κ2) is 5.27. The number of hydrogen-bond acceptors (Lipinski definition) is 4. The van der Waals surface area contributed by atoms with E-state index in [0.29, 0.717) is 19.0 Å². The predicted octanol–water partition coefficient (Wildman–Crippen LogP) is 3.43. The highest BCUT2D eigenvalue weighted by atomic mass is 32.1. The standard InChI is InChI=1S/C18H16N4OS/c23-18(17-15(7-8-24-17)12-5-6-12)21-11-14-9-19-20-22(14)10-13-3-1-2-4-16(13)21/h1-4,7-9,12H,5-6,10-11H2. The van der Waals surface area contributed by atoms with Gasteiger partial charge in [0.1, 0.15) is 0 Å². The molecule has 1 aliphatic heterocycles. The Balaban J connectivity index is 1.61. The third-order valence-electron chi connectivity index (χ3n) is 4.77. The molecule has 24 heavy (non-hydrogen) atoms. The van der Waals surface area contributed by atoms with Gasteiger partial charge in [0.05, 0.1) is 29.9 Å². The van der Waals surface area contributed by atoms with Crippen LogP contribution in [0.5, 0.6) is 0 Å². The number of fused-ring (bicyclic) bond motifs is 2. The predicted molar refractivity (Wildman–Crippen MR) is 92.4 cm³/mol. The number of carbonyl (C=O) groups excluding carboxylic acids is 1. The lowest BCUT2D eigenvalue weighted by molar-refractivity contribution is 0.0988. The smallest absolute Gasteiger partial charge is 0.269 e. The van der Waals surface area contributed by atoms with E-state index in [1.54, 1.807) is 17.5 Å². The number of hydrogen-bond donors (Lipinski definition) is 0. The summed E-state index contributed by atoms with van der Waals surface area (Å²) >= 11 is 1.56. The molecule has 5 rings (SSSR count). The Hall–Kier alpha value is -2.47. The van der Waals surface area contributed by atoms with E-state index in [1.165, 1.54) is 18.4 Å². The van der Waals surface area contributed by atoms with Gasteiger partial charge in [-0.25, -0.2) is 4.68 Å². The van der Waals surface area contributed by atoms with Crippen molar-refractivity contribution in [2.45, 2.75) is 31.8 Å². The molecule has 0 radical (unpaired) electrons. The lowest BCUT2D eigenvalue weighted by Gasteiger charge is -2.22. The molecule has 2 aliphatic rings. The van der Waals surface area contributed by atoms with Gasteiger partial charge in [0.25, 0.3) is 5.91 Å². The van der Waals surface area contributed by atoms with Gasteiger partial charge in [-0.2, -0.15) is 0 Å². The third-order valence-corrected chi connectivity index (χ3v) is 5.69. The lowest BCUT2D eigenvalue weighted by atomic mass is 10.1. The van der Waals surface area contributed by atoms with Gasteiger partial charge in [-0.3, -0.25) is 4.79 Å². The van der Waals surface area contributed by atoms with Gasteiger partial charge in [-0.05, 0) is 47.4 Å². The van der Waals surface area contributed by atoms with Crippen molar-refractivity contribution in [3.8, 4) is 0 Å². The topological polar surface area (TPSA) is 51.0 Å². The molecule has 1 amide bonds. The highest BCUT2D eigenvalue weighted by molar-refractivity contribution is 7.12. The van der Waals surface area contributed by atoms with Crippen molar-refractivity contribution in [3.05, 3.63) is 63.6 Å². The summed E-state index contributed by atoms with van der Waals surface area (Å²) in [5, 5.41) is 10.2.